The summed E-state index contributed by atoms with van der Waals surface area (Å²) in [7, 11) is 0. The minimum Gasteiger partial charge on any atom is -0.458 e. The third-order valence-electron chi connectivity index (χ3n) is 5.46. The van der Waals surface area contributed by atoms with Gasteiger partial charge >= 0.3 is 17.9 Å². The molecule has 0 aromatic carbocycles. The molecule has 1 spiro atoms. The summed E-state index contributed by atoms with van der Waals surface area (Å²) in [5.41, 5.74) is 0.200. The Morgan fingerprint density at radius 1 is 1.48 bits per heavy atom. The highest BCUT2D eigenvalue weighted by Crippen LogP contribution is 2.80. The van der Waals surface area contributed by atoms with Crippen molar-refractivity contribution in [3.63, 3.8) is 0 Å². The van der Waals surface area contributed by atoms with Crippen molar-refractivity contribution in [3.8, 4) is 0 Å². The zero-order valence-corrected chi connectivity index (χ0v) is 11.7. The first-order chi connectivity index (χ1) is 9.95. The molecule has 0 aromatic heterocycles. The first kappa shape index (κ1) is 12.9. The summed E-state index contributed by atoms with van der Waals surface area (Å²) in [6, 6.07) is 0. The van der Waals surface area contributed by atoms with Crippen LogP contribution in [0, 0.1) is 23.2 Å². The van der Waals surface area contributed by atoms with E-state index < -0.39 is 18.5 Å². The molecule has 3 aliphatic carbocycles. The van der Waals surface area contributed by atoms with Crippen molar-refractivity contribution in [1.29, 1.82) is 0 Å². The normalized spacial score (nSPS) is 44.0. The molecule has 112 valence electrons. The molecular weight excluding hydrogens is 276 g/mol. The number of ether oxygens (including phenoxy) is 3. The molecule has 0 aromatic rings. The SMILES string of the molecule is C=C(C)C(=O)OCC(=O)OC1C2OC(=O)C3CC4CC41C32. The van der Waals surface area contributed by atoms with Crippen molar-refractivity contribution in [3.05, 3.63) is 12.2 Å². The van der Waals surface area contributed by atoms with Crippen LogP contribution in [0.25, 0.3) is 0 Å². The van der Waals surface area contributed by atoms with Gasteiger partial charge in [-0.15, -0.1) is 0 Å². The van der Waals surface area contributed by atoms with Gasteiger partial charge in [0.1, 0.15) is 12.2 Å². The van der Waals surface area contributed by atoms with Crippen molar-refractivity contribution in [2.24, 2.45) is 23.2 Å². The van der Waals surface area contributed by atoms with Crippen LogP contribution in [0.1, 0.15) is 19.8 Å². The average molecular weight is 292 g/mol. The predicted octanol–water partition coefficient (Wildman–Crippen LogP) is 0.599. The van der Waals surface area contributed by atoms with E-state index in [9.17, 15) is 14.4 Å². The fourth-order valence-corrected chi connectivity index (χ4v) is 4.55. The Morgan fingerprint density at radius 3 is 2.95 bits per heavy atom. The topological polar surface area (TPSA) is 78.9 Å². The van der Waals surface area contributed by atoms with Gasteiger partial charge in [-0.05, 0) is 25.7 Å². The van der Waals surface area contributed by atoms with E-state index in [0.717, 1.165) is 12.8 Å². The standard InChI is InChI=1S/C15H16O6/c1-6(2)13(17)19-5-9(16)20-12-11-10-8(14(18)21-11)3-7-4-15(7,10)12/h7-8,10-12H,1,3-5H2,2H3. The number of esters is 3. The average Bonchev–Trinajstić information content (AvgIpc) is 2.98. The molecule has 3 saturated carbocycles. The van der Waals surface area contributed by atoms with Crippen LogP contribution in [0.5, 0.6) is 0 Å². The number of hydrogen-bond acceptors (Lipinski definition) is 6. The summed E-state index contributed by atoms with van der Waals surface area (Å²) < 4.78 is 15.5. The largest absolute Gasteiger partial charge is 0.458 e. The molecule has 0 radical (unpaired) electrons. The zero-order chi connectivity index (χ0) is 14.9. The van der Waals surface area contributed by atoms with Crippen molar-refractivity contribution < 1.29 is 28.6 Å². The maximum Gasteiger partial charge on any atom is 0.344 e. The fraction of sp³-hybridized carbons (Fsp3) is 0.667. The van der Waals surface area contributed by atoms with Crippen LogP contribution in [0.4, 0.5) is 0 Å². The number of carbonyl (C=O) groups is 3. The Morgan fingerprint density at radius 2 is 2.24 bits per heavy atom. The van der Waals surface area contributed by atoms with E-state index in [1.165, 1.54) is 6.92 Å². The van der Waals surface area contributed by atoms with Crippen molar-refractivity contribution in [2.45, 2.75) is 32.0 Å². The molecule has 21 heavy (non-hydrogen) atoms. The number of hydrogen-bond donors (Lipinski definition) is 0. The lowest BCUT2D eigenvalue weighted by Gasteiger charge is -2.46. The summed E-state index contributed by atoms with van der Waals surface area (Å²) in [5, 5.41) is 0. The van der Waals surface area contributed by atoms with E-state index >= 15 is 0 Å². The van der Waals surface area contributed by atoms with Gasteiger partial charge in [-0.3, -0.25) is 4.79 Å². The minimum atomic E-state index is -0.617. The molecule has 1 aliphatic heterocycles. The van der Waals surface area contributed by atoms with Crippen LogP contribution < -0.4 is 0 Å². The second-order valence-corrected chi connectivity index (χ2v) is 6.55. The van der Waals surface area contributed by atoms with Crippen LogP contribution in [-0.2, 0) is 28.6 Å². The lowest BCUT2D eigenvalue weighted by molar-refractivity contribution is -0.200. The Bertz CT molecular complexity index is 581. The lowest BCUT2D eigenvalue weighted by atomic mass is 9.64. The van der Waals surface area contributed by atoms with Crippen LogP contribution in [-0.4, -0.2) is 36.7 Å². The second kappa shape index (κ2) is 3.87. The summed E-state index contributed by atoms with van der Waals surface area (Å²) in [4.78, 5) is 34.8. The minimum absolute atomic E-state index is 0.00458. The third-order valence-corrected chi connectivity index (χ3v) is 5.46. The third kappa shape index (κ3) is 1.50. The van der Waals surface area contributed by atoms with E-state index in [1.54, 1.807) is 0 Å². The van der Waals surface area contributed by atoms with E-state index in [0.29, 0.717) is 5.92 Å². The van der Waals surface area contributed by atoms with E-state index in [4.69, 9.17) is 14.2 Å². The summed E-state index contributed by atoms with van der Waals surface area (Å²) >= 11 is 0. The molecule has 6 nitrogen and oxygen atoms in total. The van der Waals surface area contributed by atoms with Gasteiger partial charge in [0, 0.05) is 16.9 Å². The van der Waals surface area contributed by atoms with Gasteiger partial charge in [-0.2, -0.15) is 0 Å². The Hall–Kier alpha value is -1.85. The molecule has 4 fully saturated rings. The smallest absolute Gasteiger partial charge is 0.344 e. The highest BCUT2D eigenvalue weighted by molar-refractivity contribution is 5.88. The maximum atomic E-state index is 11.8. The highest BCUT2D eigenvalue weighted by atomic mass is 16.6. The monoisotopic (exact) mass is 292 g/mol. The van der Waals surface area contributed by atoms with Gasteiger partial charge < -0.3 is 14.2 Å². The van der Waals surface area contributed by atoms with E-state index in [-0.39, 0.29) is 41.0 Å². The molecular formula is C15H16O6. The van der Waals surface area contributed by atoms with Crippen molar-refractivity contribution in [2.75, 3.05) is 6.61 Å². The Balaban J connectivity index is 1.38. The summed E-state index contributed by atoms with van der Waals surface area (Å²) in [6.07, 6.45) is 1.21. The molecule has 4 rings (SSSR count). The van der Waals surface area contributed by atoms with Gasteiger partial charge in [0.25, 0.3) is 0 Å². The van der Waals surface area contributed by atoms with Gasteiger partial charge in [-0.1, -0.05) is 6.58 Å². The number of rotatable bonds is 4. The molecule has 1 saturated heterocycles. The molecule has 0 bridgehead atoms. The van der Waals surface area contributed by atoms with Gasteiger partial charge in [0.15, 0.2) is 6.61 Å². The predicted molar refractivity (Wildman–Crippen MR) is 67.7 cm³/mol. The second-order valence-electron chi connectivity index (χ2n) is 6.55. The van der Waals surface area contributed by atoms with E-state index in [1.807, 2.05) is 0 Å². The molecule has 6 unspecified atom stereocenters. The maximum absolute atomic E-state index is 11.8. The first-order valence-electron chi connectivity index (χ1n) is 7.17. The fourth-order valence-electron chi connectivity index (χ4n) is 4.55. The van der Waals surface area contributed by atoms with Crippen LogP contribution in [0.3, 0.4) is 0 Å². The van der Waals surface area contributed by atoms with Gasteiger partial charge in [-0.25, -0.2) is 9.59 Å². The summed E-state index contributed by atoms with van der Waals surface area (Å²) in [5.74, 6) is -0.652. The van der Waals surface area contributed by atoms with Crippen LogP contribution in [0.2, 0.25) is 0 Å². The van der Waals surface area contributed by atoms with Gasteiger partial charge in [0.05, 0.1) is 5.92 Å². The Labute approximate surface area is 121 Å². The Kier molecular flexibility index (Phi) is 2.37. The molecule has 6 heteroatoms. The highest BCUT2D eigenvalue weighted by Gasteiger charge is 2.85. The zero-order valence-electron chi connectivity index (χ0n) is 11.7. The van der Waals surface area contributed by atoms with Crippen LogP contribution >= 0.6 is 0 Å². The molecule has 0 amide bonds. The quantitative estimate of drug-likeness (QED) is 0.429. The molecule has 4 aliphatic rings. The summed E-state index contributed by atoms with van der Waals surface area (Å²) in [6.45, 7) is 4.51. The van der Waals surface area contributed by atoms with Gasteiger partial charge in [0.2, 0.25) is 0 Å². The van der Waals surface area contributed by atoms with Crippen molar-refractivity contribution in [1.82, 2.24) is 0 Å². The first-order valence-corrected chi connectivity index (χ1v) is 7.17. The molecule has 0 N–H and O–H groups in total. The lowest BCUT2D eigenvalue weighted by Crippen LogP contribution is -2.58. The number of carbonyl (C=O) groups excluding carboxylic acids is 3. The molecule has 1 heterocycles. The van der Waals surface area contributed by atoms with E-state index in [2.05, 4.69) is 6.58 Å². The van der Waals surface area contributed by atoms with Crippen molar-refractivity contribution >= 4 is 17.9 Å². The van der Waals surface area contributed by atoms with Crippen LogP contribution in [0.15, 0.2) is 12.2 Å². The molecule has 6 atom stereocenters.